The first-order valence-electron chi connectivity index (χ1n) is 5.28. The number of furan rings is 1. The predicted octanol–water partition coefficient (Wildman–Crippen LogP) is 3.40. The second-order valence-corrected chi connectivity index (χ2v) is 4.16. The van der Waals surface area contributed by atoms with E-state index in [9.17, 15) is 14.9 Å². The van der Waals surface area contributed by atoms with Gasteiger partial charge in [-0.15, -0.1) is 0 Å². The molecule has 0 saturated heterocycles. The molecule has 1 heterocycles. The summed E-state index contributed by atoms with van der Waals surface area (Å²) in [6.07, 6.45) is 1.31. The Morgan fingerprint density at radius 1 is 1.42 bits per heavy atom. The molecule has 0 aliphatic rings. The molecule has 1 N–H and O–H groups in total. The van der Waals surface area contributed by atoms with Crippen LogP contribution in [0.15, 0.2) is 34.9 Å². The van der Waals surface area contributed by atoms with Crippen LogP contribution in [-0.4, -0.2) is 10.8 Å². The number of carbonyl (C=O) groups is 1. The van der Waals surface area contributed by atoms with E-state index in [-0.39, 0.29) is 16.5 Å². The van der Waals surface area contributed by atoms with Crippen LogP contribution >= 0.6 is 11.6 Å². The zero-order valence-corrected chi connectivity index (χ0v) is 10.6. The average molecular weight is 281 g/mol. The lowest BCUT2D eigenvalue weighted by Crippen LogP contribution is -2.12. The van der Waals surface area contributed by atoms with Crippen LogP contribution in [0.2, 0.25) is 5.22 Å². The topological polar surface area (TPSA) is 85.4 Å². The van der Waals surface area contributed by atoms with Crippen molar-refractivity contribution in [1.29, 1.82) is 0 Å². The van der Waals surface area contributed by atoms with Crippen LogP contribution in [0, 0.1) is 17.0 Å². The number of rotatable bonds is 3. The minimum atomic E-state index is -0.494. The van der Waals surface area contributed by atoms with Gasteiger partial charge in [-0.25, -0.2) is 0 Å². The maximum absolute atomic E-state index is 11.9. The fourth-order valence-corrected chi connectivity index (χ4v) is 1.75. The molecule has 0 unspecified atom stereocenters. The Morgan fingerprint density at radius 3 is 2.68 bits per heavy atom. The second-order valence-electron chi connectivity index (χ2n) is 3.82. The molecule has 0 saturated carbocycles. The first kappa shape index (κ1) is 13.1. The number of nitrogens with one attached hydrogen (secondary N) is 1. The summed E-state index contributed by atoms with van der Waals surface area (Å²) in [5.74, 6) is -0.435. The summed E-state index contributed by atoms with van der Waals surface area (Å²) in [4.78, 5) is 22.0. The Kier molecular flexibility index (Phi) is 3.52. The molecule has 6 nitrogen and oxygen atoms in total. The van der Waals surface area contributed by atoms with Crippen LogP contribution in [0.5, 0.6) is 0 Å². The molecule has 19 heavy (non-hydrogen) atoms. The molecule has 1 aromatic carbocycles. The molecule has 0 fully saturated rings. The van der Waals surface area contributed by atoms with Crippen molar-refractivity contribution in [3.05, 3.63) is 57.0 Å². The molecule has 0 radical (unpaired) electrons. The first-order valence-corrected chi connectivity index (χ1v) is 5.66. The normalized spacial score (nSPS) is 10.2. The summed E-state index contributed by atoms with van der Waals surface area (Å²) in [5.41, 5.74) is 1.24. The summed E-state index contributed by atoms with van der Waals surface area (Å²) in [7, 11) is 0. The van der Waals surface area contributed by atoms with Crippen molar-refractivity contribution in [2.24, 2.45) is 0 Å². The van der Waals surface area contributed by atoms with Crippen molar-refractivity contribution in [3.8, 4) is 0 Å². The molecule has 1 aromatic heterocycles. The van der Waals surface area contributed by atoms with Gasteiger partial charge >= 0.3 is 0 Å². The summed E-state index contributed by atoms with van der Waals surface area (Å²) < 4.78 is 4.82. The Hall–Kier alpha value is -2.34. The number of non-ortho nitro benzene ring substituents is 1. The number of nitro groups is 1. The van der Waals surface area contributed by atoms with Crippen molar-refractivity contribution in [3.63, 3.8) is 0 Å². The molecule has 0 bridgehead atoms. The summed E-state index contributed by atoms with van der Waals surface area (Å²) in [6.45, 7) is 1.67. The number of halogens is 1. The number of hydrogen-bond donors (Lipinski definition) is 1. The van der Waals surface area contributed by atoms with Gasteiger partial charge in [-0.05, 0) is 36.2 Å². The van der Waals surface area contributed by atoms with E-state index in [2.05, 4.69) is 5.32 Å². The van der Waals surface area contributed by atoms with E-state index in [1.54, 1.807) is 6.92 Å². The first-order chi connectivity index (χ1) is 8.99. The third-order valence-electron chi connectivity index (χ3n) is 2.53. The highest BCUT2D eigenvalue weighted by Crippen LogP contribution is 2.23. The number of nitrogens with zero attached hydrogens (tertiary/aromatic N) is 1. The monoisotopic (exact) mass is 280 g/mol. The molecule has 0 aliphatic carbocycles. The van der Waals surface area contributed by atoms with Crippen molar-refractivity contribution < 1.29 is 14.1 Å². The Bertz CT molecular complexity index is 651. The number of aryl methyl sites for hydroxylation is 1. The standard InChI is InChI=1S/C12H9ClN2O4/c1-7-6-8(15(17)18)2-3-10(7)14-12(16)9-4-5-19-11(9)13/h2-6H,1H3,(H,14,16). The fraction of sp³-hybridized carbons (Fsp3) is 0.0833. The summed E-state index contributed by atoms with van der Waals surface area (Å²) in [5, 5.41) is 13.2. The average Bonchev–Trinajstić information content (AvgIpc) is 2.77. The summed E-state index contributed by atoms with van der Waals surface area (Å²) >= 11 is 5.69. The number of amides is 1. The zero-order valence-electron chi connectivity index (χ0n) is 9.84. The number of anilines is 1. The number of hydrogen-bond acceptors (Lipinski definition) is 4. The number of benzene rings is 1. The molecule has 2 aromatic rings. The van der Waals surface area contributed by atoms with E-state index in [1.165, 1.54) is 30.5 Å². The van der Waals surface area contributed by atoms with Crippen LogP contribution in [0.25, 0.3) is 0 Å². The second kappa shape index (κ2) is 5.11. The molecule has 0 spiro atoms. The Labute approximate surface area is 113 Å². The van der Waals surface area contributed by atoms with Crippen LogP contribution in [0.3, 0.4) is 0 Å². The largest absolute Gasteiger partial charge is 0.452 e. The zero-order chi connectivity index (χ0) is 14.0. The summed E-state index contributed by atoms with van der Waals surface area (Å²) in [6, 6.07) is 5.62. The lowest BCUT2D eigenvalue weighted by atomic mass is 10.1. The molecular weight excluding hydrogens is 272 g/mol. The minimum Gasteiger partial charge on any atom is -0.452 e. The highest BCUT2D eigenvalue weighted by atomic mass is 35.5. The van der Waals surface area contributed by atoms with Gasteiger partial charge < -0.3 is 9.73 Å². The van der Waals surface area contributed by atoms with Crippen LogP contribution < -0.4 is 5.32 Å². The van der Waals surface area contributed by atoms with E-state index in [4.69, 9.17) is 16.0 Å². The number of nitro benzene ring substituents is 1. The highest BCUT2D eigenvalue weighted by molar-refractivity contribution is 6.32. The van der Waals surface area contributed by atoms with Crippen molar-refractivity contribution in [2.75, 3.05) is 5.32 Å². The molecule has 0 atom stereocenters. The third-order valence-corrected chi connectivity index (χ3v) is 2.82. The minimum absolute atomic E-state index is 0.00272. The lowest BCUT2D eigenvalue weighted by Gasteiger charge is -2.07. The molecule has 2 rings (SSSR count). The molecular formula is C12H9ClN2O4. The van der Waals surface area contributed by atoms with Gasteiger partial charge in [-0.3, -0.25) is 14.9 Å². The third kappa shape index (κ3) is 2.74. The molecule has 98 valence electrons. The fourth-order valence-electron chi connectivity index (χ4n) is 1.55. The van der Waals surface area contributed by atoms with Gasteiger partial charge in [0.15, 0.2) is 0 Å². The van der Waals surface area contributed by atoms with Crippen LogP contribution in [0.4, 0.5) is 11.4 Å². The number of carbonyl (C=O) groups excluding carboxylic acids is 1. The lowest BCUT2D eigenvalue weighted by molar-refractivity contribution is -0.384. The van der Waals surface area contributed by atoms with E-state index in [1.807, 2.05) is 0 Å². The van der Waals surface area contributed by atoms with Crippen molar-refractivity contribution >= 4 is 28.9 Å². The van der Waals surface area contributed by atoms with E-state index >= 15 is 0 Å². The van der Waals surface area contributed by atoms with Crippen molar-refractivity contribution in [2.45, 2.75) is 6.92 Å². The maximum Gasteiger partial charge on any atom is 0.269 e. The van der Waals surface area contributed by atoms with Gasteiger partial charge in [-0.1, -0.05) is 0 Å². The van der Waals surface area contributed by atoms with Gasteiger partial charge in [0.1, 0.15) is 0 Å². The molecule has 7 heteroatoms. The van der Waals surface area contributed by atoms with Gasteiger partial charge in [0.25, 0.3) is 11.6 Å². The van der Waals surface area contributed by atoms with Gasteiger partial charge in [0.05, 0.1) is 16.7 Å². The quantitative estimate of drug-likeness (QED) is 0.689. The van der Waals surface area contributed by atoms with E-state index in [0.29, 0.717) is 11.3 Å². The highest BCUT2D eigenvalue weighted by Gasteiger charge is 2.15. The Balaban J connectivity index is 2.23. The Morgan fingerprint density at radius 2 is 2.16 bits per heavy atom. The van der Waals surface area contributed by atoms with Crippen LogP contribution in [-0.2, 0) is 0 Å². The smallest absolute Gasteiger partial charge is 0.269 e. The molecule has 0 aliphatic heterocycles. The van der Waals surface area contributed by atoms with Gasteiger partial charge in [0.2, 0.25) is 5.22 Å². The predicted molar refractivity (Wildman–Crippen MR) is 69.5 cm³/mol. The maximum atomic E-state index is 11.9. The SMILES string of the molecule is Cc1cc([N+](=O)[O-])ccc1NC(=O)c1ccoc1Cl. The van der Waals surface area contributed by atoms with Gasteiger partial charge in [-0.2, -0.15) is 0 Å². The van der Waals surface area contributed by atoms with Gasteiger partial charge in [0, 0.05) is 17.8 Å². The molecule has 1 amide bonds. The van der Waals surface area contributed by atoms with E-state index < -0.39 is 10.8 Å². The van der Waals surface area contributed by atoms with E-state index in [0.717, 1.165) is 0 Å². The van der Waals surface area contributed by atoms with Crippen molar-refractivity contribution in [1.82, 2.24) is 0 Å². The van der Waals surface area contributed by atoms with Crippen LogP contribution in [0.1, 0.15) is 15.9 Å².